The Hall–Kier alpha value is -0.950. The summed E-state index contributed by atoms with van der Waals surface area (Å²) in [5.74, 6) is 0. The third-order valence-corrected chi connectivity index (χ3v) is 4.71. The zero-order chi connectivity index (χ0) is 14.8. The van der Waals surface area contributed by atoms with Crippen LogP contribution in [0.5, 0.6) is 0 Å². The summed E-state index contributed by atoms with van der Waals surface area (Å²) >= 11 is 0. The molecule has 6 heteroatoms. The molecule has 0 spiro atoms. The maximum Gasteiger partial charge on any atom is 0.0594 e. The van der Waals surface area contributed by atoms with Gasteiger partial charge in [0.25, 0.3) is 0 Å². The second kappa shape index (κ2) is 6.44. The van der Waals surface area contributed by atoms with E-state index in [-0.39, 0.29) is 12.1 Å². The summed E-state index contributed by atoms with van der Waals surface area (Å²) in [6.45, 7) is 8.18. The lowest BCUT2D eigenvalue weighted by atomic mass is 10.0. The molecule has 2 aliphatic rings. The van der Waals surface area contributed by atoms with E-state index in [1.807, 2.05) is 17.9 Å². The van der Waals surface area contributed by atoms with Crippen molar-refractivity contribution in [2.24, 2.45) is 12.8 Å². The molecule has 2 fully saturated rings. The summed E-state index contributed by atoms with van der Waals surface area (Å²) in [5, 5.41) is 4.31. The van der Waals surface area contributed by atoms with Crippen LogP contribution in [0.15, 0.2) is 12.4 Å². The Labute approximate surface area is 126 Å². The predicted molar refractivity (Wildman–Crippen MR) is 82.0 cm³/mol. The van der Waals surface area contributed by atoms with Crippen LogP contribution in [0, 0.1) is 0 Å². The maximum absolute atomic E-state index is 6.27. The van der Waals surface area contributed by atoms with Gasteiger partial charge in [-0.15, -0.1) is 0 Å². The Bertz CT molecular complexity index is 455. The van der Waals surface area contributed by atoms with E-state index in [9.17, 15) is 0 Å². The number of aromatic nitrogens is 2. The molecular formula is C15H27N5O. The fourth-order valence-corrected chi connectivity index (χ4v) is 3.70. The highest BCUT2D eigenvalue weighted by Crippen LogP contribution is 2.29. The number of ether oxygens (including phenoxy) is 1. The number of nitrogens with zero attached hydrogens (tertiary/aromatic N) is 4. The highest BCUT2D eigenvalue weighted by atomic mass is 16.5. The van der Waals surface area contributed by atoms with Crippen LogP contribution in [0.4, 0.5) is 0 Å². The number of aryl methyl sites for hydroxylation is 1. The first-order chi connectivity index (χ1) is 10.1. The fraction of sp³-hybridized carbons (Fsp3) is 0.800. The van der Waals surface area contributed by atoms with Crippen LogP contribution in [0.1, 0.15) is 24.9 Å². The molecule has 0 amide bonds. The summed E-state index contributed by atoms with van der Waals surface area (Å²) < 4.78 is 7.32. The van der Waals surface area contributed by atoms with Gasteiger partial charge in [-0.2, -0.15) is 5.10 Å². The number of hydrogen-bond donors (Lipinski definition) is 1. The molecule has 1 aromatic rings. The molecule has 3 atom stereocenters. The zero-order valence-corrected chi connectivity index (χ0v) is 13.1. The molecule has 1 aromatic heterocycles. The molecule has 2 N–H and O–H groups in total. The minimum Gasteiger partial charge on any atom is -0.379 e. The van der Waals surface area contributed by atoms with Crippen molar-refractivity contribution in [1.82, 2.24) is 19.6 Å². The monoisotopic (exact) mass is 293 g/mol. The lowest BCUT2D eigenvalue weighted by Crippen LogP contribution is -2.46. The number of hydrogen-bond acceptors (Lipinski definition) is 5. The number of rotatable bonds is 4. The van der Waals surface area contributed by atoms with Crippen LogP contribution in [-0.4, -0.2) is 71.1 Å². The molecule has 0 aliphatic carbocycles. The molecule has 0 saturated carbocycles. The average molecular weight is 293 g/mol. The SMILES string of the molecule is CC(N)C(c1cnn(C)c1)N1CCC(N2CCOCC2)C1. The molecule has 2 saturated heterocycles. The third kappa shape index (κ3) is 3.29. The lowest BCUT2D eigenvalue weighted by molar-refractivity contribution is 0.0173. The smallest absolute Gasteiger partial charge is 0.0594 e. The Morgan fingerprint density at radius 2 is 2.10 bits per heavy atom. The summed E-state index contributed by atoms with van der Waals surface area (Å²) in [5.41, 5.74) is 7.50. The first-order valence-corrected chi connectivity index (χ1v) is 7.95. The van der Waals surface area contributed by atoms with Crippen LogP contribution >= 0.6 is 0 Å². The van der Waals surface area contributed by atoms with E-state index in [0.717, 1.165) is 39.4 Å². The van der Waals surface area contributed by atoms with Gasteiger partial charge in [0.1, 0.15) is 0 Å². The summed E-state index contributed by atoms with van der Waals surface area (Å²) in [4.78, 5) is 5.10. The summed E-state index contributed by atoms with van der Waals surface area (Å²) in [6.07, 6.45) is 5.27. The predicted octanol–water partition coefficient (Wildman–Crippen LogP) is 0.215. The number of morpholine rings is 1. The van der Waals surface area contributed by atoms with Crippen molar-refractivity contribution >= 4 is 0 Å². The van der Waals surface area contributed by atoms with Crippen LogP contribution in [0.25, 0.3) is 0 Å². The fourth-order valence-electron chi connectivity index (χ4n) is 3.70. The lowest BCUT2D eigenvalue weighted by Gasteiger charge is -2.34. The largest absolute Gasteiger partial charge is 0.379 e. The van der Waals surface area contributed by atoms with Gasteiger partial charge >= 0.3 is 0 Å². The van der Waals surface area contributed by atoms with Gasteiger partial charge < -0.3 is 10.5 Å². The molecule has 0 radical (unpaired) electrons. The van der Waals surface area contributed by atoms with Gasteiger partial charge in [0.15, 0.2) is 0 Å². The Balaban J connectivity index is 1.67. The van der Waals surface area contributed by atoms with Crippen molar-refractivity contribution in [3.8, 4) is 0 Å². The average Bonchev–Trinajstić information content (AvgIpc) is 3.10. The van der Waals surface area contributed by atoms with Gasteiger partial charge in [0.05, 0.1) is 25.5 Å². The summed E-state index contributed by atoms with van der Waals surface area (Å²) in [6, 6.07) is 1.02. The highest BCUT2D eigenvalue weighted by Gasteiger charge is 2.34. The maximum atomic E-state index is 6.27. The molecule has 3 heterocycles. The van der Waals surface area contributed by atoms with E-state index in [4.69, 9.17) is 10.5 Å². The van der Waals surface area contributed by atoms with E-state index < -0.39 is 0 Å². The minimum atomic E-state index is 0.109. The van der Waals surface area contributed by atoms with Gasteiger partial charge in [0.2, 0.25) is 0 Å². The van der Waals surface area contributed by atoms with Crippen molar-refractivity contribution in [2.45, 2.75) is 31.5 Å². The van der Waals surface area contributed by atoms with Crippen molar-refractivity contribution < 1.29 is 4.74 Å². The van der Waals surface area contributed by atoms with Gasteiger partial charge in [-0.3, -0.25) is 14.5 Å². The van der Waals surface area contributed by atoms with Gasteiger partial charge in [-0.25, -0.2) is 0 Å². The van der Waals surface area contributed by atoms with Crippen LogP contribution in [-0.2, 0) is 11.8 Å². The summed E-state index contributed by atoms with van der Waals surface area (Å²) in [7, 11) is 1.96. The van der Waals surface area contributed by atoms with E-state index >= 15 is 0 Å². The topological polar surface area (TPSA) is 59.5 Å². The zero-order valence-electron chi connectivity index (χ0n) is 13.1. The minimum absolute atomic E-state index is 0.109. The van der Waals surface area contributed by atoms with Crippen molar-refractivity contribution in [2.75, 3.05) is 39.4 Å². The molecule has 6 nitrogen and oxygen atoms in total. The van der Waals surface area contributed by atoms with E-state index in [1.54, 1.807) is 0 Å². The molecule has 3 unspecified atom stereocenters. The second-order valence-corrected chi connectivity index (χ2v) is 6.34. The molecule has 3 rings (SSSR count). The van der Waals surface area contributed by atoms with E-state index in [2.05, 4.69) is 28.0 Å². The second-order valence-electron chi connectivity index (χ2n) is 6.34. The highest BCUT2D eigenvalue weighted by molar-refractivity contribution is 5.14. The molecule has 21 heavy (non-hydrogen) atoms. The molecule has 0 aromatic carbocycles. The van der Waals surface area contributed by atoms with Crippen LogP contribution in [0.3, 0.4) is 0 Å². The number of likely N-dealkylation sites (tertiary alicyclic amines) is 1. The Morgan fingerprint density at radius 3 is 2.71 bits per heavy atom. The third-order valence-electron chi connectivity index (χ3n) is 4.71. The van der Waals surface area contributed by atoms with Crippen LogP contribution < -0.4 is 5.73 Å². The van der Waals surface area contributed by atoms with Crippen molar-refractivity contribution in [3.63, 3.8) is 0 Å². The van der Waals surface area contributed by atoms with Crippen LogP contribution in [0.2, 0.25) is 0 Å². The standard InChI is InChI=1S/C15H27N5O/c1-12(16)15(13-9-17-18(2)10-13)20-4-3-14(11-20)19-5-7-21-8-6-19/h9-10,12,14-15H,3-8,11,16H2,1-2H3. The normalized spacial score (nSPS) is 27.9. The molecule has 2 aliphatic heterocycles. The first-order valence-electron chi connectivity index (χ1n) is 7.95. The molecule has 0 bridgehead atoms. The first kappa shape index (κ1) is 15.0. The van der Waals surface area contributed by atoms with Crippen molar-refractivity contribution in [3.05, 3.63) is 18.0 Å². The quantitative estimate of drug-likeness (QED) is 0.860. The number of nitrogens with two attached hydrogens (primary N) is 1. The Morgan fingerprint density at radius 1 is 1.33 bits per heavy atom. The molecular weight excluding hydrogens is 266 g/mol. The van der Waals surface area contributed by atoms with Crippen molar-refractivity contribution in [1.29, 1.82) is 0 Å². The van der Waals surface area contributed by atoms with E-state index in [0.29, 0.717) is 6.04 Å². The van der Waals surface area contributed by atoms with Gasteiger partial charge in [0, 0.05) is 57.1 Å². The van der Waals surface area contributed by atoms with E-state index in [1.165, 1.54) is 12.0 Å². The van der Waals surface area contributed by atoms with Gasteiger partial charge in [-0.1, -0.05) is 0 Å². The molecule has 118 valence electrons. The van der Waals surface area contributed by atoms with Gasteiger partial charge in [-0.05, 0) is 13.3 Å². The Kier molecular flexibility index (Phi) is 4.59.